The Morgan fingerprint density at radius 1 is 1.13 bits per heavy atom. The molecule has 0 aliphatic rings. The van der Waals surface area contributed by atoms with Crippen LogP contribution in [0.15, 0.2) is 47.6 Å². The summed E-state index contributed by atoms with van der Waals surface area (Å²) < 4.78 is 2.02. The Labute approximate surface area is 186 Å². The molecule has 0 saturated heterocycles. The van der Waals surface area contributed by atoms with Crippen molar-refractivity contribution >= 4 is 40.6 Å². The van der Waals surface area contributed by atoms with Gasteiger partial charge in [0.05, 0.1) is 11.8 Å². The second kappa shape index (κ2) is 10.00. The van der Waals surface area contributed by atoms with E-state index in [9.17, 15) is 4.79 Å². The largest absolute Gasteiger partial charge is 0.378 e. The molecule has 8 heteroatoms. The van der Waals surface area contributed by atoms with E-state index in [2.05, 4.69) is 20.8 Å². The predicted octanol–water partition coefficient (Wildman–Crippen LogP) is 5.30. The lowest BCUT2D eigenvalue weighted by molar-refractivity contribution is -0.115. The van der Waals surface area contributed by atoms with Crippen LogP contribution in [0.4, 0.5) is 11.4 Å². The lowest BCUT2D eigenvalue weighted by Crippen LogP contribution is -2.23. The molecule has 1 aromatic heterocycles. The summed E-state index contributed by atoms with van der Waals surface area (Å²) in [5, 5.41) is 16.0. The van der Waals surface area contributed by atoms with Crippen LogP contribution in [-0.2, 0) is 17.9 Å². The molecule has 3 rings (SSSR count). The van der Waals surface area contributed by atoms with E-state index in [1.165, 1.54) is 11.8 Å². The van der Waals surface area contributed by atoms with Crippen molar-refractivity contribution < 1.29 is 4.79 Å². The van der Waals surface area contributed by atoms with Crippen LogP contribution >= 0.6 is 23.4 Å². The maximum atomic E-state index is 12.6. The number of hydrogen-bond acceptors (Lipinski definition) is 5. The molecule has 30 heavy (non-hydrogen) atoms. The third-order valence-electron chi connectivity index (χ3n) is 4.70. The third kappa shape index (κ3) is 5.55. The molecular weight excluding hydrogens is 418 g/mol. The summed E-state index contributed by atoms with van der Waals surface area (Å²) in [6.07, 6.45) is 0. The van der Waals surface area contributed by atoms with Crippen molar-refractivity contribution in [2.24, 2.45) is 0 Å². The Morgan fingerprint density at radius 2 is 1.83 bits per heavy atom. The van der Waals surface area contributed by atoms with E-state index in [0.29, 0.717) is 13.1 Å². The van der Waals surface area contributed by atoms with Gasteiger partial charge in [-0.1, -0.05) is 47.1 Å². The molecule has 0 fully saturated rings. The van der Waals surface area contributed by atoms with Crippen molar-refractivity contribution in [3.63, 3.8) is 0 Å². The molecule has 3 aromatic rings. The fourth-order valence-corrected chi connectivity index (χ4v) is 3.94. The van der Waals surface area contributed by atoms with Crippen LogP contribution in [-0.4, -0.2) is 25.9 Å². The third-order valence-corrected chi connectivity index (χ3v) is 6.19. The first-order chi connectivity index (χ1) is 14.4. The molecule has 0 saturated carbocycles. The van der Waals surface area contributed by atoms with Crippen LogP contribution in [0, 0.1) is 13.8 Å². The average molecular weight is 444 g/mol. The number of nitrogens with one attached hydrogen (secondary N) is 2. The molecule has 1 heterocycles. The van der Waals surface area contributed by atoms with Gasteiger partial charge in [0.1, 0.15) is 0 Å². The maximum absolute atomic E-state index is 12.6. The minimum Gasteiger partial charge on any atom is -0.378 e. The minimum atomic E-state index is -0.308. The van der Waals surface area contributed by atoms with Gasteiger partial charge in [-0.15, -0.1) is 10.2 Å². The fourth-order valence-electron chi connectivity index (χ4n) is 2.83. The highest BCUT2D eigenvalue weighted by Gasteiger charge is 2.20. The van der Waals surface area contributed by atoms with Gasteiger partial charge in [-0.25, -0.2) is 0 Å². The van der Waals surface area contributed by atoms with Crippen molar-refractivity contribution in [2.45, 2.75) is 51.2 Å². The number of anilines is 2. The lowest BCUT2D eigenvalue weighted by Gasteiger charge is -2.13. The Hall–Kier alpha value is -2.51. The monoisotopic (exact) mass is 443 g/mol. The highest BCUT2D eigenvalue weighted by atomic mass is 35.5. The second-order valence-corrected chi connectivity index (χ2v) is 8.79. The van der Waals surface area contributed by atoms with E-state index in [0.717, 1.165) is 38.5 Å². The summed E-state index contributed by atoms with van der Waals surface area (Å²) in [5.74, 6) is 0.742. The van der Waals surface area contributed by atoms with Crippen LogP contribution in [0.5, 0.6) is 0 Å². The number of aromatic nitrogens is 3. The van der Waals surface area contributed by atoms with Gasteiger partial charge in [-0.2, -0.15) is 0 Å². The number of halogens is 1. The zero-order valence-electron chi connectivity index (χ0n) is 17.6. The SMILES string of the molecule is CCn1c(CNc2ccc(C)c(Cl)c2)nnc1S[C@H](C)C(=O)Nc1ccc(C)cc1. The zero-order valence-corrected chi connectivity index (χ0v) is 19.1. The molecule has 0 spiro atoms. The van der Waals surface area contributed by atoms with E-state index in [1.807, 2.05) is 74.7 Å². The summed E-state index contributed by atoms with van der Waals surface area (Å²) in [7, 11) is 0. The number of carbonyl (C=O) groups excluding carboxylic acids is 1. The summed E-state index contributed by atoms with van der Waals surface area (Å²) in [6.45, 7) is 9.13. The van der Waals surface area contributed by atoms with Crippen molar-refractivity contribution in [3.8, 4) is 0 Å². The molecule has 0 aliphatic heterocycles. The standard InChI is InChI=1S/C22H26ClN5OS/c1-5-28-20(13-24-18-11-8-15(3)19(23)12-18)26-27-22(28)30-16(4)21(29)25-17-9-6-14(2)7-10-17/h6-12,16,24H,5,13H2,1-4H3,(H,25,29)/t16-/m1/s1. The zero-order chi connectivity index (χ0) is 21.7. The second-order valence-electron chi connectivity index (χ2n) is 7.08. The van der Waals surface area contributed by atoms with Crippen LogP contribution in [0.3, 0.4) is 0 Å². The van der Waals surface area contributed by atoms with Gasteiger partial charge in [0.25, 0.3) is 0 Å². The molecule has 1 amide bonds. The number of aryl methyl sites for hydroxylation is 2. The number of thioether (sulfide) groups is 1. The van der Waals surface area contributed by atoms with Gasteiger partial charge in [-0.3, -0.25) is 4.79 Å². The van der Waals surface area contributed by atoms with Crippen molar-refractivity contribution in [1.29, 1.82) is 0 Å². The van der Waals surface area contributed by atoms with Crippen molar-refractivity contribution in [3.05, 3.63) is 64.4 Å². The highest BCUT2D eigenvalue weighted by molar-refractivity contribution is 8.00. The van der Waals surface area contributed by atoms with E-state index < -0.39 is 0 Å². The van der Waals surface area contributed by atoms with Crippen LogP contribution in [0.25, 0.3) is 0 Å². The van der Waals surface area contributed by atoms with Gasteiger partial charge in [-0.05, 0) is 57.5 Å². The molecular formula is C22H26ClN5OS. The van der Waals surface area contributed by atoms with Crippen LogP contribution in [0.1, 0.15) is 30.8 Å². The van der Waals surface area contributed by atoms with E-state index in [-0.39, 0.29) is 11.2 Å². The predicted molar refractivity (Wildman–Crippen MR) is 124 cm³/mol. The van der Waals surface area contributed by atoms with Gasteiger partial charge in [0, 0.05) is 22.9 Å². The Balaban J connectivity index is 1.63. The molecule has 6 nitrogen and oxygen atoms in total. The maximum Gasteiger partial charge on any atom is 0.237 e. The number of nitrogens with zero attached hydrogens (tertiary/aromatic N) is 3. The Kier molecular flexibility index (Phi) is 7.39. The molecule has 0 aliphatic carbocycles. The fraction of sp³-hybridized carbons (Fsp3) is 0.318. The Morgan fingerprint density at radius 3 is 2.50 bits per heavy atom. The summed E-state index contributed by atoms with van der Waals surface area (Å²) in [4.78, 5) is 12.6. The minimum absolute atomic E-state index is 0.0662. The number of benzene rings is 2. The smallest absolute Gasteiger partial charge is 0.237 e. The van der Waals surface area contributed by atoms with Gasteiger partial charge in [0.2, 0.25) is 5.91 Å². The van der Waals surface area contributed by atoms with Crippen molar-refractivity contribution in [1.82, 2.24) is 14.8 Å². The molecule has 2 aromatic carbocycles. The molecule has 1 atom stereocenters. The first-order valence-corrected chi connectivity index (χ1v) is 11.1. The molecule has 0 radical (unpaired) electrons. The summed E-state index contributed by atoms with van der Waals surface area (Å²) >= 11 is 7.60. The molecule has 2 N–H and O–H groups in total. The lowest BCUT2D eigenvalue weighted by atomic mass is 10.2. The first-order valence-electron chi connectivity index (χ1n) is 9.83. The normalized spacial score (nSPS) is 11.9. The van der Waals surface area contributed by atoms with E-state index in [1.54, 1.807) is 0 Å². The molecule has 0 unspecified atom stereocenters. The molecule has 158 valence electrons. The highest BCUT2D eigenvalue weighted by Crippen LogP contribution is 2.25. The average Bonchev–Trinajstić information content (AvgIpc) is 3.11. The van der Waals surface area contributed by atoms with Crippen molar-refractivity contribution in [2.75, 3.05) is 10.6 Å². The summed E-state index contributed by atoms with van der Waals surface area (Å²) in [6, 6.07) is 13.6. The van der Waals surface area contributed by atoms with E-state index in [4.69, 9.17) is 11.6 Å². The number of amides is 1. The van der Waals surface area contributed by atoms with Crippen LogP contribution < -0.4 is 10.6 Å². The van der Waals surface area contributed by atoms with Gasteiger partial charge >= 0.3 is 0 Å². The number of rotatable bonds is 8. The number of hydrogen-bond donors (Lipinski definition) is 2. The van der Waals surface area contributed by atoms with E-state index >= 15 is 0 Å². The van der Waals surface area contributed by atoms with Crippen LogP contribution in [0.2, 0.25) is 5.02 Å². The number of carbonyl (C=O) groups is 1. The quantitative estimate of drug-likeness (QED) is 0.462. The molecule has 0 bridgehead atoms. The first kappa shape index (κ1) is 22.2. The summed E-state index contributed by atoms with van der Waals surface area (Å²) in [5.41, 5.74) is 3.91. The Bertz CT molecular complexity index is 1020. The van der Waals surface area contributed by atoms with Gasteiger partial charge in [0.15, 0.2) is 11.0 Å². The topological polar surface area (TPSA) is 71.8 Å². The van der Waals surface area contributed by atoms with Gasteiger partial charge < -0.3 is 15.2 Å².